The van der Waals surface area contributed by atoms with Gasteiger partial charge in [-0.15, -0.1) is 0 Å². The molecule has 2 rings (SSSR count). The van der Waals surface area contributed by atoms with E-state index in [2.05, 4.69) is 15.1 Å². The van der Waals surface area contributed by atoms with Crippen molar-refractivity contribution in [2.75, 3.05) is 5.73 Å². The third kappa shape index (κ3) is 1.41. The predicted molar refractivity (Wildman–Crippen MR) is 48.6 cm³/mol. The topological polar surface area (TPSA) is 69.6 Å². The number of aromatic nitrogens is 4. The van der Waals surface area contributed by atoms with Crippen molar-refractivity contribution in [2.45, 2.75) is 0 Å². The third-order valence-electron chi connectivity index (χ3n) is 1.71. The summed E-state index contributed by atoms with van der Waals surface area (Å²) >= 11 is 0. The Morgan fingerprint density at radius 1 is 1.43 bits per heavy atom. The molecule has 5 nitrogen and oxygen atoms in total. The zero-order chi connectivity index (χ0) is 10.1. The molecule has 14 heavy (non-hydrogen) atoms. The zero-order valence-corrected chi connectivity index (χ0v) is 7.48. The standard InChI is InChI=1S/C8H8FN5/c1-14-4-11-8(13-14)5-2-3-6(10)12-7(5)9/h2-4H,1H3,(H2,10,12). The normalized spacial score (nSPS) is 10.4. The number of hydrogen-bond donors (Lipinski definition) is 1. The van der Waals surface area contributed by atoms with E-state index in [9.17, 15) is 4.39 Å². The molecule has 2 N–H and O–H groups in total. The van der Waals surface area contributed by atoms with E-state index < -0.39 is 5.95 Å². The fraction of sp³-hybridized carbons (Fsp3) is 0.125. The molecule has 0 radical (unpaired) electrons. The highest BCUT2D eigenvalue weighted by Crippen LogP contribution is 2.17. The van der Waals surface area contributed by atoms with Crippen LogP contribution < -0.4 is 5.73 Å². The largest absolute Gasteiger partial charge is 0.384 e. The highest BCUT2D eigenvalue weighted by atomic mass is 19.1. The molecule has 72 valence electrons. The second kappa shape index (κ2) is 3.06. The van der Waals surface area contributed by atoms with Crippen LogP contribution in [0.2, 0.25) is 0 Å². The Kier molecular flexibility index (Phi) is 1.88. The minimum atomic E-state index is -0.656. The summed E-state index contributed by atoms with van der Waals surface area (Å²) in [5, 5.41) is 3.96. The van der Waals surface area contributed by atoms with Crippen LogP contribution in [0, 0.1) is 5.95 Å². The Hall–Kier alpha value is -1.98. The molecule has 2 aromatic rings. The van der Waals surface area contributed by atoms with Gasteiger partial charge in [-0.25, -0.2) is 9.97 Å². The van der Waals surface area contributed by atoms with Crippen molar-refractivity contribution >= 4 is 5.82 Å². The summed E-state index contributed by atoms with van der Waals surface area (Å²) in [7, 11) is 1.71. The first-order chi connectivity index (χ1) is 6.66. The van der Waals surface area contributed by atoms with Crippen molar-refractivity contribution in [3.63, 3.8) is 0 Å². The van der Waals surface area contributed by atoms with E-state index in [0.29, 0.717) is 5.82 Å². The highest BCUT2D eigenvalue weighted by molar-refractivity contribution is 5.55. The lowest BCUT2D eigenvalue weighted by molar-refractivity contribution is 0.588. The molecule has 0 aliphatic rings. The Bertz CT molecular complexity index is 465. The van der Waals surface area contributed by atoms with Crippen molar-refractivity contribution in [2.24, 2.45) is 7.05 Å². The van der Waals surface area contributed by atoms with Gasteiger partial charge in [0, 0.05) is 7.05 Å². The average Bonchev–Trinajstić information content (AvgIpc) is 2.51. The van der Waals surface area contributed by atoms with Crippen LogP contribution >= 0.6 is 0 Å². The monoisotopic (exact) mass is 193 g/mol. The van der Waals surface area contributed by atoms with Crippen molar-refractivity contribution in [1.29, 1.82) is 0 Å². The van der Waals surface area contributed by atoms with Gasteiger partial charge in [0.05, 0.1) is 5.56 Å². The maximum atomic E-state index is 13.3. The Labute approximate surface area is 79.4 Å². The lowest BCUT2D eigenvalue weighted by Gasteiger charge is -1.97. The van der Waals surface area contributed by atoms with Crippen LogP contribution in [0.5, 0.6) is 0 Å². The fourth-order valence-electron chi connectivity index (χ4n) is 1.08. The summed E-state index contributed by atoms with van der Waals surface area (Å²) in [6.07, 6.45) is 1.49. The molecule has 0 atom stereocenters. The van der Waals surface area contributed by atoms with Gasteiger partial charge in [0.1, 0.15) is 12.1 Å². The van der Waals surface area contributed by atoms with Gasteiger partial charge in [0.15, 0.2) is 5.82 Å². The number of nitrogens with zero attached hydrogens (tertiary/aromatic N) is 4. The third-order valence-corrected chi connectivity index (χ3v) is 1.71. The molecule has 0 aromatic carbocycles. The van der Waals surface area contributed by atoms with Crippen LogP contribution in [0.25, 0.3) is 11.4 Å². The summed E-state index contributed by atoms with van der Waals surface area (Å²) < 4.78 is 14.8. The Balaban J connectivity index is 2.52. The van der Waals surface area contributed by atoms with Crippen molar-refractivity contribution in [3.8, 4) is 11.4 Å². The van der Waals surface area contributed by atoms with E-state index >= 15 is 0 Å². The van der Waals surface area contributed by atoms with E-state index in [4.69, 9.17) is 5.73 Å². The van der Waals surface area contributed by atoms with Gasteiger partial charge in [-0.05, 0) is 12.1 Å². The van der Waals surface area contributed by atoms with E-state index in [1.165, 1.54) is 23.1 Å². The van der Waals surface area contributed by atoms with E-state index in [0.717, 1.165) is 0 Å². The summed E-state index contributed by atoms with van der Waals surface area (Å²) in [5.41, 5.74) is 5.56. The Morgan fingerprint density at radius 3 is 2.79 bits per heavy atom. The molecule has 0 saturated heterocycles. The van der Waals surface area contributed by atoms with Gasteiger partial charge in [-0.2, -0.15) is 9.49 Å². The molecular weight excluding hydrogens is 185 g/mol. The van der Waals surface area contributed by atoms with Crippen molar-refractivity contribution in [1.82, 2.24) is 19.7 Å². The molecule has 0 aliphatic heterocycles. The number of hydrogen-bond acceptors (Lipinski definition) is 4. The number of anilines is 1. The number of rotatable bonds is 1. The van der Waals surface area contributed by atoms with Gasteiger partial charge in [-0.3, -0.25) is 4.68 Å². The van der Waals surface area contributed by atoms with Gasteiger partial charge in [0.25, 0.3) is 0 Å². The van der Waals surface area contributed by atoms with E-state index in [-0.39, 0.29) is 11.4 Å². The first-order valence-electron chi connectivity index (χ1n) is 3.95. The molecule has 0 unspecified atom stereocenters. The van der Waals surface area contributed by atoms with Crippen LogP contribution in [0.4, 0.5) is 10.2 Å². The van der Waals surface area contributed by atoms with Crippen LogP contribution in [-0.2, 0) is 7.05 Å². The minimum absolute atomic E-state index is 0.141. The summed E-state index contributed by atoms with van der Waals surface area (Å²) in [6.45, 7) is 0. The van der Waals surface area contributed by atoms with Crippen LogP contribution in [0.3, 0.4) is 0 Å². The summed E-state index contributed by atoms with van der Waals surface area (Å²) in [4.78, 5) is 7.39. The van der Waals surface area contributed by atoms with E-state index in [1.54, 1.807) is 7.05 Å². The summed E-state index contributed by atoms with van der Waals surface area (Å²) in [5.74, 6) is -0.212. The zero-order valence-electron chi connectivity index (χ0n) is 7.48. The minimum Gasteiger partial charge on any atom is -0.384 e. The van der Waals surface area contributed by atoms with Gasteiger partial charge >= 0.3 is 0 Å². The fourth-order valence-corrected chi connectivity index (χ4v) is 1.08. The second-order valence-electron chi connectivity index (χ2n) is 2.82. The lowest BCUT2D eigenvalue weighted by atomic mass is 10.2. The molecule has 0 aliphatic carbocycles. The van der Waals surface area contributed by atoms with E-state index in [1.807, 2.05) is 0 Å². The molecule has 6 heteroatoms. The number of halogens is 1. The molecule has 2 heterocycles. The second-order valence-corrected chi connectivity index (χ2v) is 2.82. The van der Waals surface area contributed by atoms with Gasteiger partial charge in [0.2, 0.25) is 5.95 Å². The molecule has 0 amide bonds. The maximum absolute atomic E-state index is 13.3. The highest BCUT2D eigenvalue weighted by Gasteiger charge is 2.10. The SMILES string of the molecule is Cn1cnc(-c2ccc(N)nc2F)n1. The molecule has 2 aromatic heterocycles. The lowest BCUT2D eigenvalue weighted by Crippen LogP contribution is -1.96. The first-order valence-corrected chi connectivity index (χ1v) is 3.95. The van der Waals surface area contributed by atoms with Crippen molar-refractivity contribution < 1.29 is 4.39 Å². The summed E-state index contributed by atoms with van der Waals surface area (Å²) in [6, 6.07) is 3.02. The van der Waals surface area contributed by atoms with Crippen molar-refractivity contribution in [3.05, 3.63) is 24.4 Å². The number of nitrogens with two attached hydrogens (primary N) is 1. The van der Waals surface area contributed by atoms with Gasteiger partial charge < -0.3 is 5.73 Å². The number of nitrogen functional groups attached to an aromatic ring is 1. The van der Waals surface area contributed by atoms with Crippen LogP contribution in [0.1, 0.15) is 0 Å². The number of aryl methyl sites for hydroxylation is 1. The molecule has 0 spiro atoms. The van der Waals surface area contributed by atoms with Crippen LogP contribution in [-0.4, -0.2) is 19.7 Å². The maximum Gasteiger partial charge on any atom is 0.225 e. The molecule has 0 saturated carbocycles. The Morgan fingerprint density at radius 2 is 2.21 bits per heavy atom. The molecular formula is C8H8FN5. The smallest absolute Gasteiger partial charge is 0.225 e. The first kappa shape index (κ1) is 8.61. The average molecular weight is 193 g/mol. The predicted octanol–water partition coefficient (Wildman–Crippen LogP) is 0.598. The van der Waals surface area contributed by atoms with Gasteiger partial charge in [-0.1, -0.05) is 0 Å². The number of pyridine rings is 1. The molecule has 0 fully saturated rings. The van der Waals surface area contributed by atoms with Crippen LogP contribution in [0.15, 0.2) is 18.5 Å². The quantitative estimate of drug-likeness (QED) is 0.673. The molecule has 0 bridgehead atoms.